The maximum atomic E-state index is 10.7. The summed E-state index contributed by atoms with van der Waals surface area (Å²) < 4.78 is 0. The molecule has 84 valence electrons. The minimum Gasteiger partial charge on any atom is -0.478 e. The van der Waals surface area contributed by atoms with E-state index in [4.69, 9.17) is 5.11 Å². The Kier molecular flexibility index (Phi) is 2.93. The molecule has 16 heavy (non-hydrogen) atoms. The summed E-state index contributed by atoms with van der Waals surface area (Å²) in [6.07, 6.45) is -0.311. The van der Waals surface area contributed by atoms with Crippen LogP contribution in [0.4, 0.5) is 0 Å². The third-order valence-electron chi connectivity index (χ3n) is 2.26. The van der Waals surface area contributed by atoms with E-state index in [0.717, 1.165) is 5.56 Å². The molecule has 1 aromatic rings. The van der Waals surface area contributed by atoms with Crippen molar-refractivity contribution in [3.8, 4) is 0 Å². The number of benzene rings is 1. The first-order valence-corrected chi connectivity index (χ1v) is 4.91. The fraction of sp³-hybridized carbons (Fsp3) is 0.300. The monoisotopic (exact) mass is 220 g/mol. The van der Waals surface area contributed by atoms with Gasteiger partial charge < -0.3 is 5.11 Å². The van der Waals surface area contributed by atoms with Crippen LogP contribution in [0.1, 0.15) is 29.0 Å². The van der Waals surface area contributed by atoms with Gasteiger partial charge in [-0.1, -0.05) is 12.1 Å². The number of hydrogen-bond donors (Lipinski definition) is 3. The molecule has 6 heteroatoms. The van der Waals surface area contributed by atoms with Gasteiger partial charge >= 0.3 is 5.97 Å². The molecule has 1 heterocycles. The Morgan fingerprint density at radius 3 is 2.44 bits per heavy atom. The molecule has 0 aliphatic carbocycles. The molecular formula is C10H12N4O2. The third-order valence-corrected chi connectivity index (χ3v) is 2.26. The normalized spacial score (nSPS) is 24.3. The Labute approximate surface area is 92.4 Å². The number of carbonyl (C=O) groups is 1. The Balaban J connectivity index is 2.16. The van der Waals surface area contributed by atoms with Crippen molar-refractivity contribution in [2.75, 3.05) is 0 Å². The van der Waals surface area contributed by atoms with Crippen molar-refractivity contribution in [2.24, 2.45) is 10.2 Å². The largest absolute Gasteiger partial charge is 0.478 e. The molecule has 2 unspecified atom stereocenters. The van der Waals surface area contributed by atoms with Crippen molar-refractivity contribution in [3.63, 3.8) is 0 Å². The lowest BCUT2D eigenvalue weighted by Gasteiger charge is -2.21. The van der Waals surface area contributed by atoms with Crippen LogP contribution in [0.25, 0.3) is 0 Å². The van der Waals surface area contributed by atoms with Gasteiger partial charge in [0.2, 0.25) is 0 Å². The number of nitrogens with one attached hydrogen (secondary N) is 2. The fourth-order valence-corrected chi connectivity index (χ4v) is 1.38. The highest BCUT2D eigenvalue weighted by Gasteiger charge is 2.15. The zero-order valence-corrected chi connectivity index (χ0v) is 8.71. The molecule has 0 bridgehead atoms. The van der Waals surface area contributed by atoms with Crippen LogP contribution in [0.5, 0.6) is 0 Å². The van der Waals surface area contributed by atoms with Gasteiger partial charge in [0.15, 0.2) is 6.17 Å². The van der Waals surface area contributed by atoms with Gasteiger partial charge in [0, 0.05) is 0 Å². The van der Waals surface area contributed by atoms with Crippen molar-refractivity contribution >= 4 is 5.97 Å². The van der Waals surface area contributed by atoms with Crippen LogP contribution < -0.4 is 10.9 Å². The highest BCUT2D eigenvalue weighted by atomic mass is 16.4. The van der Waals surface area contributed by atoms with Crippen LogP contribution in [0.2, 0.25) is 0 Å². The lowest BCUT2D eigenvalue weighted by Crippen LogP contribution is -2.42. The van der Waals surface area contributed by atoms with Gasteiger partial charge in [-0.2, -0.15) is 10.2 Å². The van der Waals surface area contributed by atoms with E-state index in [1.54, 1.807) is 24.3 Å². The van der Waals surface area contributed by atoms with E-state index < -0.39 is 5.97 Å². The number of rotatable bonds is 2. The van der Waals surface area contributed by atoms with Crippen LogP contribution in [-0.4, -0.2) is 17.2 Å². The first-order chi connectivity index (χ1) is 7.66. The zero-order chi connectivity index (χ0) is 11.5. The van der Waals surface area contributed by atoms with Gasteiger partial charge in [0.05, 0.1) is 5.56 Å². The number of hydrogen-bond acceptors (Lipinski definition) is 5. The molecule has 2 atom stereocenters. The van der Waals surface area contributed by atoms with Gasteiger partial charge in [-0.25, -0.2) is 15.6 Å². The second-order valence-corrected chi connectivity index (χ2v) is 3.53. The molecule has 2 rings (SSSR count). The molecule has 0 saturated carbocycles. The summed E-state index contributed by atoms with van der Waals surface area (Å²) in [5.41, 5.74) is 7.05. The maximum Gasteiger partial charge on any atom is 0.335 e. The van der Waals surface area contributed by atoms with Gasteiger partial charge in [0.1, 0.15) is 6.17 Å². The topological polar surface area (TPSA) is 86.1 Å². The quantitative estimate of drug-likeness (QED) is 0.701. The highest BCUT2D eigenvalue weighted by Crippen LogP contribution is 2.17. The number of azo groups is 1. The molecule has 6 nitrogen and oxygen atoms in total. The van der Waals surface area contributed by atoms with Crippen LogP contribution in [-0.2, 0) is 0 Å². The van der Waals surface area contributed by atoms with E-state index in [2.05, 4.69) is 21.1 Å². The Bertz CT molecular complexity index is 415. The number of carboxylic acid groups (broad SMARTS) is 1. The van der Waals surface area contributed by atoms with Crippen LogP contribution >= 0.6 is 0 Å². The minimum absolute atomic E-state index is 0.0467. The van der Waals surface area contributed by atoms with E-state index in [0.29, 0.717) is 0 Å². The molecule has 3 N–H and O–H groups in total. The van der Waals surface area contributed by atoms with Crippen molar-refractivity contribution < 1.29 is 9.90 Å². The van der Waals surface area contributed by atoms with Gasteiger partial charge in [-0.3, -0.25) is 0 Å². The average Bonchev–Trinajstić information content (AvgIpc) is 2.30. The van der Waals surface area contributed by atoms with Gasteiger partial charge in [-0.15, -0.1) is 0 Å². The molecule has 0 aromatic heterocycles. The van der Waals surface area contributed by atoms with E-state index in [9.17, 15) is 4.79 Å². The summed E-state index contributed by atoms with van der Waals surface area (Å²) >= 11 is 0. The molecule has 1 aromatic carbocycles. The Hall–Kier alpha value is -1.79. The van der Waals surface area contributed by atoms with E-state index in [1.165, 1.54) is 0 Å². The molecule has 0 fully saturated rings. The standard InChI is InChI=1S/C10H12N4O2/c1-6-11-13-9(14-12-6)7-2-4-8(5-3-7)10(15)16/h2-6,9,11,13H,1H3,(H,15,16). The average molecular weight is 220 g/mol. The van der Waals surface area contributed by atoms with Gasteiger partial charge in [-0.05, 0) is 24.6 Å². The summed E-state index contributed by atoms with van der Waals surface area (Å²) in [6, 6.07) is 6.54. The van der Waals surface area contributed by atoms with Crippen molar-refractivity contribution in [3.05, 3.63) is 35.4 Å². The Morgan fingerprint density at radius 2 is 1.94 bits per heavy atom. The summed E-state index contributed by atoms with van der Waals surface area (Å²) in [4.78, 5) is 10.7. The van der Waals surface area contributed by atoms with Crippen molar-refractivity contribution in [2.45, 2.75) is 19.3 Å². The second-order valence-electron chi connectivity index (χ2n) is 3.53. The second kappa shape index (κ2) is 4.38. The molecule has 1 aliphatic heterocycles. The highest BCUT2D eigenvalue weighted by molar-refractivity contribution is 5.87. The Morgan fingerprint density at radius 1 is 1.25 bits per heavy atom. The number of hydrazine groups is 1. The predicted octanol–water partition coefficient (Wildman–Crippen LogP) is 1.29. The summed E-state index contributed by atoms with van der Waals surface area (Å²) in [6.45, 7) is 1.88. The van der Waals surface area contributed by atoms with Crippen LogP contribution in [0, 0.1) is 0 Å². The zero-order valence-electron chi connectivity index (χ0n) is 8.71. The van der Waals surface area contributed by atoms with Crippen LogP contribution in [0.15, 0.2) is 34.5 Å². The van der Waals surface area contributed by atoms with E-state index in [1.807, 2.05) is 6.92 Å². The first-order valence-electron chi connectivity index (χ1n) is 4.91. The van der Waals surface area contributed by atoms with Gasteiger partial charge in [0.25, 0.3) is 0 Å². The summed E-state index contributed by atoms with van der Waals surface area (Å²) in [5.74, 6) is -0.934. The van der Waals surface area contributed by atoms with Crippen LogP contribution in [0.3, 0.4) is 0 Å². The number of carboxylic acids is 1. The minimum atomic E-state index is -0.934. The molecule has 0 radical (unpaired) electrons. The smallest absolute Gasteiger partial charge is 0.335 e. The molecule has 0 saturated heterocycles. The maximum absolute atomic E-state index is 10.7. The van der Waals surface area contributed by atoms with E-state index in [-0.39, 0.29) is 17.9 Å². The van der Waals surface area contributed by atoms with Crippen molar-refractivity contribution in [1.29, 1.82) is 0 Å². The molecule has 1 aliphatic rings. The predicted molar refractivity (Wildman–Crippen MR) is 56.7 cm³/mol. The summed E-state index contributed by atoms with van der Waals surface area (Å²) in [5, 5.41) is 16.8. The lowest BCUT2D eigenvalue weighted by molar-refractivity contribution is 0.0697. The molecular weight excluding hydrogens is 208 g/mol. The molecule has 0 amide bonds. The lowest BCUT2D eigenvalue weighted by atomic mass is 10.1. The first kappa shape index (κ1) is 10.7. The third kappa shape index (κ3) is 2.23. The number of nitrogens with zero attached hydrogens (tertiary/aromatic N) is 2. The molecule has 0 spiro atoms. The fourth-order valence-electron chi connectivity index (χ4n) is 1.38. The SMILES string of the molecule is CC1N=NC(c2ccc(C(=O)O)cc2)NN1. The van der Waals surface area contributed by atoms with Crippen molar-refractivity contribution in [1.82, 2.24) is 10.9 Å². The van der Waals surface area contributed by atoms with E-state index >= 15 is 0 Å². The number of aromatic carboxylic acids is 1. The summed E-state index contributed by atoms with van der Waals surface area (Å²) in [7, 11) is 0.